The Morgan fingerprint density at radius 3 is 2.23 bits per heavy atom. The molecule has 1 unspecified atom stereocenters. The van der Waals surface area contributed by atoms with Crippen LogP contribution in [-0.2, 0) is 4.79 Å². The molecule has 2 saturated heterocycles. The van der Waals surface area contributed by atoms with Gasteiger partial charge in [0.25, 0.3) is 0 Å². The smallest absolute Gasteiger partial charge is 0.239 e. The zero-order valence-electron chi connectivity index (χ0n) is 16.4. The van der Waals surface area contributed by atoms with E-state index in [1.807, 2.05) is 11.8 Å². The summed E-state index contributed by atoms with van der Waals surface area (Å²) in [6.07, 6.45) is 6.25. The molecule has 0 radical (unpaired) electrons. The molecular formula is C19H35N5O2. The van der Waals surface area contributed by atoms with Gasteiger partial charge in [0.1, 0.15) is 0 Å². The molecule has 0 spiro atoms. The van der Waals surface area contributed by atoms with Crippen molar-refractivity contribution < 1.29 is 9.90 Å². The predicted octanol–water partition coefficient (Wildman–Crippen LogP) is 0.495. The molecule has 0 bridgehead atoms. The van der Waals surface area contributed by atoms with Crippen LogP contribution in [0.1, 0.15) is 45.4 Å². The third kappa shape index (κ3) is 4.49. The second kappa shape index (κ2) is 8.57. The first kappa shape index (κ1) is 19.4. The topological polar surface area (TPSA) is 71.4 Å². The number of carbonyl (C=O) groups excluding carboxylic acids is 1. The molecule has 1 saturated carbocycles. The molecule has 1 atom stereocenters. The second-order valence-electron chi connectivity index (χ2n) is 8.06. The Morgan fingerprint density at radius 2 is 1.65 bits per heavy atom. The van der Waals surface area contributed by atoms with Crippen molar-refractivity contribution in [2.75, 3.05) is 52.9 Å². The van der Waals surface area contributed by atoms with E-state index in [0.29, 0.717) is 6.54 Å². The van der Waals surface area contributed by atoms with Gasteiger partial charge >= 0.3 is 0 Å². The summed E-state index contributed by atoms with van der Waals surface area (Å²) in [6, 6.07) is -0.0376. The highest BCUT2D eigenvalue weighted by atomic mass is 16.3. The second-order valence-corrected chi connectivity index (χ2v) is 8.06. The average Bonchev–Trinajstić information content (AvgIpc) is 3.34. The zero-order valence-corrected chi connectivity index (χ0v) is 16.4. The lowest BCUT2D eigenvalue weighted by Gasteiger charge is -2.40. The Balaban J connectivity index is 1.46. The van der Waals surface area contributed by atoms with E-state index in [-0.39, 0.29) is 11.9 Å². The molecule has 2 heterocycles. The Labute approximate surface area is 157 Å². The van der Waals surface area contributed by atoms with Crippen molar-refractivity contribution in [1.82, 2.24) is 20.0 Å². The number of aliphatic hydroxyl groups is 1. The van der Waals surface area contributed by atoms with Gasteiger partial charge in [-0.05, 0) is 32.6 Å². The van der Waals surface area contributed by atoms with Crippen molar-refractivity contribution >= 4 is 11.9 Å². The molecule has 148 valence electrons. The van der Waals surface area contributed by atoms with Crippen LogP contribution >= 0.6 is 0 Å². The quantitative estimate of drug-likeness (QED) is 0.561. The standard InChI is InChI=1S/C19H35N5O2/c1-16(17(25)23-9-5-6-10-23)22-11-13-24(14-12-22)18(20-2)21-15-19(26)7-3-4-8-19/h16,26H,3-15H2,1-2H3,(H,20,21). The van der Waals surface area contributed by atoms with Crippen LogP contribution in [0.5, 0.6) is 0 Å². The fraction of sp³-hybridized carbons (Fsp3) is 0.895. The number of hydrogen-bond acceptors (Lipinski definition) is 4. The highest BCUT2D eigenvalue weighted by molar-refractivity contribution is 5.82. The normalized spacial score (nSPS) is 25.6. The zero-order chi connectivity index (χ0) is 18.6. The van der Waals surface area contributed by atoms with Gasteiger partial charge in [-0.15, -0.1) is 0 Å². The lowest BCUT2D eigenvalue weighted by molar-refractivity contribution is -0.135. The Bertz CT molecular complexity index is 504. The van der Waals surface area contributed by atoms with Gasteiger partial charge in [-0.25, -0.2) is 0 Å². The molecule has 0 aromatic carbocycles. The monoisotopic (exact) mass is 365 g/mol. The third-order valence-corrected chi connectivity index (χ3v) is 6.26. The minimum absolute atomic E-state index is 0.0376. The maximum Gasteiger partial charge on any atom is 0.239 e. The number of hydrogen-bond donors (Lipinski definition) is 2. The molecule has 3 aliphatic rings. The summed E-state index contributed by atoms with van der Waals surface area (Å²) in [4.78, 5) is 23.5. The summed E-state index contributed by atoms with van der Waals surface area (Å²) in [7, 11) is 1.80. The molecule has 26 heavy (non-hydrogen) atoms. The maximum absolute atomic E-state index is 12.6. The first-order valence-electron chi connectivity index (χ1n) is 10.2. The van der Waals surface area contributed by atoms with Crippen molar-refractivity contribution in [2.24, 2.45) is 4.99 Å². The summed E-state index contributed by atoms with van der Waals surface area (Å²) >= 11 is 0. The average molecular weight is 366 g/mol. The molecule has 0 aromatic heterocycles. The highest BCUT2D eigenvalue weighted by Crippen LogP contribution is 2.28. The van der Waals surface area contributed by atoms with Crippen molar-refractivity contribution in [3.05, 3.63) is 0 Å². The first-order valence-corrected chi connectivity index (χ1v) is 10.2. The molecule has 1 aliphatic carbocycles. The molecule has 1 amide bonds. The molecular weight excluding hydrogens is 330 g/mol. The van der Waals surface area contributed by atoms with E-state index in [2.05, 4.69) is 20.1 Å². The van der Waals surface area contributed by atoms with Crippen molar-refractivity contribution in [2.45, 2.75) is 57.1 Å². The number of guanidine groups is 1. The van der Waals surface area contributed by atoms with Crippen molar-refractivity contribution in [1.29, 1.82) is 0 Å². The van der Waals surface area contributed by atoms with Crippen LogP contribution in [0.3, 0.4) is 0 Å². The molecule has 3 rings (SSSR count). The number of nitrogens with zero attached hydrogens (tertiary/aromatic N) is 4. The lowest BCUT2D eigenvalue weighted by atomic mass is 10.0. The summed E-state index contributed by atoms with van der Waals surface area (Å²) in [5.74, 6) is 1.14. The Kier molecular flexibility index (Phi) is 6.40. The minimum Gasteiger partial charge on any atom is -0.388 e. The third-order valence-electron chi connectivity index (χ3n) is 6.26. The fourth-order valence-corrected chi connectivity index (χ4v) is 4.46. The number of nitrogens with one attached hydrogen (secondary N) is 1. The van der Waals surface area contributed by atoms with E-state index < -0.39 is 5.60 Å². The number of amides is 1. The van der Waals surface area contributed by atoms with E-state index >= 15 is 0 Å². The van der Waals surface area contributed by atoms with E-state index in [4.69, 9.17) is 0 Å². The van der Waals surface area contributed by atoms with E-state index in [1.54, 1.807) is 7.05 Å². The van der Waals surface area contributed by atoms with Gasteiger partial charge in [-0.3, -0.25) is 14.7 Å². The van der Waals surface area contributed by atoms with E-state index in [0.717, 1.165) is 83.8 Å². The van der Waals surface area contributed by atoms with Gasteiger partial charge in [0.05, 0.1) is 11.6 Å². The van der Waals surface area contributed by atoms with Crippen LogP contribution in [0.15, 0.2) is 4.99 Å². The summed E-state index contributed by atoms with van der Waals surface area (Å²) in [5, 5.41) is 13.9. The Morgan fingerprint density at radius 1 is 1.04 bits per heavy atom. The molecule has 7 heteroatoms. The van der Waals surface area contributed by atoms with Crippen LogP contribution in [0.2, 0.25) is 0 Å². The number of rotatable bonds is 4. The van der Waals surface area contributed by atoms with Crippen molar-refractivity contribution in [3.63, 3.8) is 0 Å². The molecule has 2 aliphatic heterocycles. The number of carbonyl (C=O) groups is 1. The van der Waals surface area contributed by atoms with E-state index in [1.165, 1.54) is 0 Å². The van der Waals surface area contributed by atoms with Gasteiger partial charge in [0.15, 0.2) is 5.96 Å². The van der Waals surface area contributed by atoms with Gasteiger partial charge in [-0.2, -0.15) is 0 Å². The Hall–Kier alpha value is -1.34. The van der Waals surface area contributed by atoms with Gasteiger partial charge in [0, 0.05) is 52.9 Å². The van der Waals surface area contributed by atoms with Crippen LogP contribution in [0, 0.1) is 0 Å². The van der Waals surface area contributed by atoms with Gasteiger partial charge in [-0.1, -0.05) is 12.8 Å². The number of likely N-dealkylation sites (tertiary alicyclic amines) is 1. The van der Waals surface area contributed by atoms with Crippen LogP contribution in [0.25, 0.3) is 0 Å². The number of aliphatic imine (C=N–C) groups is 1. The molecule has 0 aromatic rings. The fourth-order valence-electron chi connectivity index (χ4n) is 4.46. The van der Waals surface area contributed by atoms with Gasteiger partial charge in [0.2, 0.25) is 5.91 Å². The molecule has 7 nitrogen and oxygen atoms in total. The largest absolute Gasteiger partial charge is 0.388 e. The predicted molar refractivity (Wildman–Crippen MR) is 103 cm³/mol. The SMILES string of the molecule is CN=C(NCC1(O)CCCC1)N1CCN(C(C)C(=O)N2CCCC2)CC1. The summed E-state index contributed by atoms with van der Waals surface area (Å²) < 4.78 is 0. The van der Waals surface area contributed by atoms with Crippen LogP contribution in [-0.4, -0.2) is 96.2 Å². The summed E-state index contributed by atoms with van der Waals surface area (Å²) in [6.45, 7) is 7.90. The van der Waals surface area contributed by atoms with Crippen molar-refractivity contribution in [3.8, 4) is 0 Å². The van der Waals surface area contributed by atoms with Crippen LogP contribution in [0.4, 0.5) is 0 Å². The summed E-state index contributed by atoms with van der Waals surface area (Å²) in [5.41, 5.74) is -0.575. The van der Waals surface area contributed by atoms with Crippen LogP contribution < -0.4 is 5.32 Å². The van der Waals surface area contributed by atoms with Gasteiger partial charge < -0.3 is 20.2 Å². The van der Waals surface area contributed by atoms with E-state index in [9.17, 15) is 9.90 Å². The molecule has 3 fully saturated rings. The maximum atomic E-state index is 12.6. The minimum atomic E-state index is -0.575. The number of piperazine rings is 1. The lowest BCUT2D eigenvalue weighted by Crippen LogP contribution is -2.58. The molecule has 2 N–H and O–H groups in total. The first-order chi connectivity index (χ1) is 12.5. The highest BCUT2D eigenvalue weighted by Gasteiger charge is 2.33.